The standard InChI is InChI=1S/C20H27N5O4/c1-13-12-16(24-23-13)22-15-7-5-6-14(21-15)20(17(26)27)8-10-25(11-9-20)18(28)29-19(2,3)4/h5-7,12H,8-11H2,1-4H3,(H,26,27)(H2,21,22,23,24). The first-order chi connectivity index (χ1) is 13.6. The van der Waals surface area contributed by atoms with E-state index in [9.17, 15) is 14.7 Å². The number of aromatic amines is 1. The number of aromatic nitrogens is 3. The van der Waals surface area contributed by atoms with E-state index in [1.54, 1.807) is 43.9 Å². The topological polar surface area (TPSA) is 120 Å². The molecule has 0 aromatic carbocycles. The molecule has 0 bridgehead atoms. The minimum Gasteiger partial charge on any atom is -0.481 e. The van der Waals surface area contributed by atoms with Crippen LogP contribution in [-0.2, 0) is 14.9 Å². The molecule has 3 heterocycles. The number of likely N-dealkylation sites (tertiary alicyclic amines) is 1. The molecule has 1 amide bonds. The number of nitrogens with zero attached hydrogens (tertiary/aromatic N) is 3. The Kier molecular flexibility index (Phi) is 5.50. The molecule has 1 aliphatic heterocycles. The Morgan fingerprint density at radius 3 is 2.48 bits per heavy atom. The van der Waals surface area contributed by atoms with Crippen molar-refractivity contribution in [1.82, 2.24) is 20.1 Å². The Morgan fingerprint density at radius 2 is 1.93 bits per heavy atom. The van der Waals surface area contributed by atoms with Gasteiger partial charge in [0, 0.05) is 24.8 Å². The molecule has 1 aliphatic rings. The highest BCUT2D eigenvalue weighted by Gasteiger charge is 2.45. The molecule has 0 aliphatic carbocycles. The molecule has 0 saturated carbocycles. The highest BCUT2D eigenvalue weighted by molar-refractivity contribution is 5.81. The maximum atomic E-state index is 12.3. The molecule has 9 nitrogen and oxygen atoms in total. The molecule has 0 atom stereocenters. The fourth-order valence-electron chi connectivity index (χ4n) is 3.36. The normalized spacial score (nSPS) is 16.3. The van der Waals surface area contributed by atoms with Gasteiger partial charge >= 0.3 is 12.1 Å². The molecular formula is C20H27N5O4. The maximum Gasteiger partial charge on any atom is 0.410 e. The van der Waals surface area contributed by atoms with Gasteiger partial charge in [-0.05, 0) is 52.7 Å². The van der Waals surface area contributed by atoms with E-state index in [0.717, 1.165) is 5.69 Å². The number of aliphatic carboxylic acids is 1. The number of carbonyl (C=O) groups excluding carboxylic acids is 1. The lowest BCUT2D eigenvalue weighted by Crippen LogP contribution is -2.50. The van der Waals surface area contributed by atoms with E-state index in [-0.39, 0.29) is 12.8 Å². The number of carboxylic acids is 1. The van der Waals surface area contributed by atoms with Crippen molar-refractivity contribution in [2.24, 2.45) is 0 Å². The van der Waals surface area contributed by atoms with Gasteiger partial charge in [0.1, 0.15) is 16.8 Å². The zero-order valence-corrected chi connectivity index (χ0v) is 17.2. The van der Waals surface area contributed by atoms with Crippen LogP contribution < -0.4 is 5.32 Å². The van der Waals surface area contributed by atoms with E-state index >= 15 is 0 Å². The summed E-state index contributed by atoms with van der Waals surface area (Å²) >= 11 is 0. The Balaban J connectivity index is 1.77. The van der Waals surface area contributed by atoms with Gasteiger partial charge in [-0.2, -0.15) is 5.10 Å². The summed E-state index contributed by atoms with van der Waals surface area (Å²) in [6.45, 7) is 7.89. The summed E-state index contributed by atoms with van der Waals surface area (Å²) in [6, 6.07) is 7.09. The third-order valence-electron chi connectivity index (χ3n) is 4.88. The Hall–Kier alpha value is -3.10. The third kappa shape index (κ3) is 4.67. The minimum absolute atomic E-state index is 0.263. The number of carbonyl (C=O) groups is 2. The quantitative estimate of drug-likeness (QED) is 0.719. The average molecular weight is 401 g/mol. The lowest BCUT2D eigenvalue weighted by Gasteiger charge is -2.38. The zero-order chi connectivity index (χ0) is 21.2. The van der Waals surface area contributed by atoms with Gasteiger partial charge in [0.25, 0.3) is 0 Å². The predicted octanol–water partition coefficient (Wildman–Crippen LogP) is 3.21. The second-order valence-corrected chi connectivity index (χ2v) is 8.32. The summed E-state index contributed by atoms with van der Waals surface area (Å²) in [5.74, 6) is 0.182. The van der Waals surface area contributed by atoms with Crippen molar-refractivity contribution in [3.63, 3.8) is 0 Å². The summed E-state index contributed by atoms with van der Waals surface area (Å²) < 4.78 is 5.40. The molecule has 2 aromatic heterocycles. The van der Waals surface area contributed by atoms with Crippen LogP contribution in [-0.4, -0.2) is 55.9 Å². The fourth-order valence-corrected chi connectivity index (χ4v) is 3.36. The summed E-state index contributed by atoms with van der Waals surface area (Å²) in [5.41, 5.74) is -0.381. The first kappa shape index (κ1) is 20.6. The van der Waals surface area contributed by atoms with Gasteiger partial charge in [0.05, 0.1) is 5.69 Å². The SMILES string of the molecule is Cc1cc(Nc2cccc(C3(C(=O)O)CCN(C(=O)OC(C)(C)C)CC3)n2)n[nH]1. The molecule has 0 radical (unpaired) electrons. The van der Waals surface area contributed by atoms with Crippen LogP contribution in [0, 0.1) is 6.92 Å². The van der Waals surface area contributed by atoms with Crippen molar-refractivity contribution in [3.05, 3.63) is 35.7 Å². The van der Waals surface area contributed by atoms with Crippen LogP contribution in [0.25, 0.3) is 0 Å². The summed E-state index contributed by atoms with van der Waals surface area (Å²) in [7, 11) is 0. The molecule has 3 N–H and O–H groups in total. The molecule has 2 aromatic rings. The van der Waals surface area contributed by atoms with Gasteiger partial charge in [0.15, 0.2) is 5.82 Å². The van der Waals surface area contributed by atoms with Crippen molar-refractivity contribution >= 4 is 23.7 Å². The second kappa shape index (κ2) is 7.73. The third-order valence-corrected chi connectivity index (χ3v) is 4.88. The molecule has 156 valence electrons. The number of H-pyrrole nitrogens is 1. The van der Waals surface area contributed by atoms with E-state index < -0.39 is 23.1 Å². The van der Waals surface area contributed by atoms with Crippen molar-refractivity contribution in [3.8, 4) is 0 Å². The molecule has 3 rings (SSSR count). The van der Waals surface area contributed by atoms with Gasteiger partial charge in [-0.25, -0.2) is 9.78 Å². The van der Waals surface area contributed by atoms with E-state index in [2.05, 4.69) is 20.5 Å². The first-order valence-electron chi connectivity index (χ1n) is 9.57. The number of rotatable bonds is 4. The van der Waals surface area contributed by atoms with Crippen molar-refractivity contribution in [2.45, 2.75) is 51.6 Å². The van der Waals surface area contributed by atoms with Gasteiger partial charge in [-0.15, -0.1) is 0 Å². The molecular weight excluding hydrogens is 374 g/mol. The number of carboxylic acid groups (broad SMARTS) is 1. The molecule has 0 unspecified atom stereocenters. The Labute approximate surface area is 169 Å². The van der Waals surface area contributed by atoms with Crippen LogP contribution in [0.5, 0.6) is 0 Å². The highest BCUT2D eigenvalue weighted by atomic mass is 16.6. The number of hydrogen-bond donors (Lipinski definition) is 3. The van der Waals surface area contributed by atoms with E-state index in [1.807, 2.05) is 13.0 Å². The van der Waals surface area contributed by atoms with Crippen molar-refractivity contribution in [1.29, 1.82) is 0 Å². The summed E-state index contributed by atoms with van der Waals surface area (Å²) in [6.07, 6.45) is 0.104. The predicted molar refractivity (Wildman–Crippen MR) is 107 cm³/mol. The molecule has 29 heavy (non-hydrogen) atoms. The summed E-state index contributed by atoms with van der Waals surface area (Å²) in [5, 5.41) is 20.1. The monoisotopic (exact) mass is 401 g/mol. The zero-order valence-electron chi connectivity index (χ0n) is 17.2. The van der Waals surface area contributed by atoms with Gasteiger partial charge < -0.3 is 20.1 Å². The second-order valence-electron chi connectivity index (χ2n) is 8.32. The van der Waals surface area contributed by atoms with E-state index in [0.29, 0.717) is 30.4 Å². The van der Waals surface area contributed by atoms with Crippen molar-refractivity contribution < 1.29 is 19.4 Å². The van der Waals surface area contributed by atoms with Gasteiger partial charge in [-0.3, -0.25) is 9.89 Å². The summed E-state index contributed by atoms with van der Waals surface area (Å²) in [4.78, 5) is 30.7. The highest BCUT2D eigenvalue weighted by Crippen LogP contribution is 2.36. The number of aryl methyl sites for hydroxylation is 1. The largest absolute Gasteiger partial charge is 0.481 e. The Morgan fingerprint density at radius 1 is 1.24 bits per heavy atom. The lowest BCUT2D eigenvalue weighted by atomic mass is 9.75. The van der Waals surface area contributed by atoms with Gasteiger partial charge in [0.2, 0.25) is 0 Å². The van der Waals surface area contributed by atoms with Crippen LogP contribution in [0.2, 0.25) is 0 Å². The van der Waals surface area contributed by atoms with Crippen molar-refractivity contribution in [2.75, 3.05) is 18.4 Å². The smallest absolute Gasteiger partial charge is 0.410 e. The average Bonchev–Trinajstić information content (AvgIpc) is 3.05. The first-order valence-corrected chi connectivity index (χ1v) is 9.57. The number of pyridine rings is 1. The number of hydrogen-bond acceptors (Lipinski definition) is 6. The van der Waals surface area contributed by atoms with Crippen LogP contribution in [0.15, 0.2) is 24.3 Å². The number of amides is 1. The molecule has 0 spiro atoms. The molecule has 1 saturated heterocycles. The lowest BCUT2D eigenvalue weighted by molar-refractivity contribution is -0.146. The maximum absolute atomic E-state index is 12.3. The Bertz CT molecular complexity index is 894. The van der Waals surface area contributed by atoms with Crippen LogP contribution in [0.4, 0.5) is 16.4 Å². The number of nitrogens with one attached hydrogen (secondary N) is 2. The van der Waals surface area contributed by atoms with E-state index in [1.165, 1.54) is 0 Å². The van der Waals surface area contributed by atoms with Crippen LogP contribution in [0.1, 0.15) is 45.0 Å². The van der Waals surface area contributed by atoms with E-state index in [4.69, 9.17) is 4.74 Å². The minimum atomic E-state index is -1.16. The van der Waals surface area contributed by atoms with Crippen LogP contribution >= 0.6 is 0 Å². The number of piperidine rings is 1. The van der Waals surface area contributed by atoms with Crippen LogP contribution in [0.3, 0.4) is 0 Å². The molecule has 9 heteroatoms. The number of anilines is 2. The van der Waals surface area contributed by atoms with Gasteiger partial charge in [-0.1, -0.05) is 6.07 Å². The fraction of sp³-hybridized carbons (Fsp3) is 0.500. The number of ether oxygens (including phenoxy) is 1. The molecule has 1 fully saturated rings.